The molecule has 1 saturated heterocycles. The van der Waals surface area contributed by atoms with Crippen molar-refractivity contribution in [3.05, 3.63) is 86.9 Å². The lowest BCUT2D eigenvalue weighted by molar-refractivity contribution is -0.132. The molecule has 1 fully saturated rings. The van der Waals surface area contributed by atoms with Gasteiger partial charge < -0.3 is 24.1 Å². The van der Waals surface area contributed by atoms with Crippen molar-refractivity contribution in [1.29, 1.82) is 0 Å². The molecule has 1 atom stereocenters. The van der Waals surface area contributed by atoms with Crippen LogP contribution < -0.4 is 23.8 Å². The number of aliphatic hydroxyl groups is 1. The second kappa shape index (κ2) is 15.3. The number of fused-ring (bicyclic) bond motifs is 1. The largest absolute Gasteiger partial charge is 0.507 e. The molecule has 6 rings (SSSR count). The van der Waals surface area contributed by atoms with Crippen molar-refractivity contribution in [2.75, 3.05) is 31.3 Å². The Morgan fingerprint density at radius 1 is 1.02 bits per heavy atom. The van der Waals surface area contributed by atoms with E-state index in [1.807, 2.05) is 13.0 Å². The number of amides is 1. The van der Waals surface area contributed by atoms with E-state index in [9.17, 15) is 14.7 Å². The third-order valence-corrected chi connectivity index (χ3v) is 10.5. The monoisotopic (exact) mass is 741 g/mol. The quantitative estimate of drug-likeness (QED) is 0.0499. The summed E-state index contributed by atoms with van der Waals surface area (Å²) in [6.07, 6.45) is 0.852. The van der Waals surface area contributed by atoms with Crippen molar-refractivity contribution in [1.82, 2.24) is 10.2 Å². The molecule has 1 unspecified atom stereocenters. The SMILES string of the molecule is CCOc1cc(C2C(=C(O)c3ccc4c(c3)OCCO4)C(=O)C(=O)N2c2nnc(SCc3ccc(Cl)cc3Cl)s2)ccc1OCCC(C)C. The van der Waals surface area contributed by atoms with E-state index >= 15 is 0 Å². The first-order valence-electron chi connectivity index (χ1n) is 15.6. The number of carbonyl (C=O) groups is 2. The van der Waals surface area contributed by atoms with Gasteiger partial charge in [-0.2, -0.15) is 0 Å². The molecule has 14 heteroatoms. The van der Waals surface area contributed by atoms with Crippen molar-refractivity contribution >= 4 is 68.9 Å². The molecule has 0 bridgehead atoms. The predicted octanol–water partition coefficient (Wildman–Crippen LogP) is 8.36. The molecule has 3 aromatic carbocycles. The van der Waals surface area contributed by atoms with Crippen molar-refractivity contribution in [3.8, 4) is 23.0 Å². The van der Waals surface area contributed by atoms with E-state index in [0.717, 1.165) is 23.3 Å². The number of nitrogens with zero attached hydrogens (tertiary/aromatic N) is 3. The Balaban J connectivity index is 1.40. The number of hydrogen-bond acceptors (Lipinski definition) is 11. The number of Topliss-reactive ketones (excluding diaryl/α,β-unsaturated/α-hetero) is 1. The number of halogens is 2. The number of anilines is 1. The lowest BCUT2D eigenvalue weighted by Crippen LogP contribution is -2.29. The molecule has 1 amide bonds. The van der Waals surface area contributed by atoms with Crippen LogP contribution in [0.1, 0.15) is 49.9 Å². The third-order valence-electron chi connectivity index (χ3n) is 7.76. The molecule has 4 aromatic rings. The lowest BCUT2D eigenvalue weighted by atomic mass is 9.95. The summed E-state index contributed by atoms with van der Waals surface area (Å²) >= 11 is 14.9. The molecule has 2 aliphatic rings. The smallest absolute Gasteiger partial charge is 0.301 e. The minimum Gasteiger partial charge on any atom is -0.507 e. The van der Waals surface area contributed by atoms with Gasteiger partial charge in [0.1, 0.15) is 19.0 Å². The summed E-state index contributed by atoms with van der Waals surface area (Å²) in [6.45, 7) is 7.68. The summed E-state index contributed by atoms with van der Waals surface area (Å²) in [4.78, 5) is 29.0. The summed E-state index contributed by atoms with van der Waals surface area (Å²) in [5, 5.41) is 21.6. The van der Waals surface area contributed by atoms with Crippen LogP contribution in [0.5, 0.6) is 23.0 Å². The Morgan fingerprint density at radius 3 is 2.57 bits per heavy atom. The van der Waals surface area contributed by atoms with Gasteiger partial charge in [0.25, 0.3) is 5.78 Å². The van der Waals surface area contributed by atoms with Crippen LogP contribution in [0.3, 0.4) is 0 Å². The summed E-state index contributed by atoms with van der Waals surface area (Å²) < 4.78 is 23.9. The number of ketones is 1. The van der Waals surface area contributed by atoms with Gasteiger partial charge in [-0.3, -0.25) is 14.5 Å². The highest BCUT2D eigenvalue weighted by Gasteiger charge is 2.48. The maximum absolute atomic E-state index is 13.8. The fraction of sp³-hybridized carbons (Fsp3) is 0.314. The maximum Gasteiger partial charge on any atom is 0.301 e. The first-order valence-corrected chi connectivity index (χ1v) is 18.2. The van der Waals surface area contributed by atoms with E-state index in [-0.39, 0.29) is 16.5 Å². The summed E-state index contributed by atoms with van der Waals surface area (Å²) in [6, 6.07) is 14.3. The molecular formula is C35H33Cl2N3O7S2. The minimum absolute atomic E-state index is 0.116. The van der Waals surface area contributed by atoms with Crippen molar-refractivity contribution < 1.29 is 33.6 Å². The Labute approximate surface area is 301 Å². The molecule has 0 aliphatic carbocycles. The predicted molar refractivity (Wildman–Crippen MR) is 191 cm³/mol. The topological polar surface area (TPSA) is 120 Å². The van der Waals surface area contributed by atoms with Gasteiger partial charge in [-0.25, -0.2) is 0 Å². The Morgan fingerprint density at radius 2 is 1.82 bits per heavy atom. The number of thioether (sulfide) groups is 1. The van der Waals surface area contributed by atoms with Gasteiger partial charge >= 0.3 is 5.91 Å². The normalized spacial score (nSPS) is 16.8. The highest BCUT2D eigenvalue weighted by molar-refractivity contribution is 8.00. The van der Waals surface area contributed by atoms with Crippen LogP contribution in [0.4, 0.5) is 5.13 Å². The molecular weight excluding hydrogens is 709 g/mol. The van der Waals surface area contributed by atoms with Gasteiger partial charge in [0, 0.05) is 21.4 Å². The molecule has 3 heterocycles. The van der Waals surface area contributed by atoms with E-state index in [4.69, 9.17) is 42.1 Å². The highest BCUT2D eigenvalue weighted by Crippen LogP contribution is 2.46. The standard InChI is InChI=1S/C35H33Cl2N3O7S2/c1-4-44-27-15-20(6-9-25(27)45-12-11-19(2)3)30-29(31(41)21-7-10-26-28(16-21)47-14-13-46-26)32(42)33(43)40(30)34-38-39-35(49-34)48-18-22-5-8-23(36)17-24(22)37/h5-10,15-17,19,30,41H,4,11-14,18H2,1-3H3. The van der Waals surface area contributed by atoms with Gasteiger partial charge in [0.2, 0.25) is 5.13 Å². The van der Waals surface area contributed by atoms with Gasteiger partial charge in [0.15, 0.2) is 27.3 Å². The minimum atomic E-state index is -1.06. The molecule has 256 valence electrons. The molecule has 2 aliphatic heterocycles. The number of aromatic nitrogens is 2. The number of carbonyl (C=O) groups excluding carboxylic acids is 2. The zero-order valence-corrected chi connectivity index (χ0v) is 30.0. The Kier molecular flexibility index (Phi) is 10.9. The molecule has 0 radical (unpaired) electrons. The Bertz CT molecular complexity index is 1920. The molecule has 0 spiro atoms. The fourth-order valence-electron chi connectivity index (χ4n) is 5.31. The van der Waals surface area contributed by atoms with E-state index in [1.54, 1.807) is 48.5 Å². The van der Waals surface area contributed by atoms with Crippen LogP contribution in [0.2, 0.25) is 10.0 Å². The van der Waals surface area contributed by atoms with Gasteiger partial charge in [-0.1, -0.05) is 72.3 Å². The average Bonchev–Trinajstić information content (AvgIpc) is 3.65. The summed E-state index contributed by atoms with van der Waals surface area (Å²) in [5.41, 5.74) is 1.54. The Hall–Kier alpha value is -3.97. The lowest BCUT2D eigenvalue weighted by Gasteiger charge is -2.24. The van der Waals surface area contributed by atoms with E-state index in [1.165, 1.54) is 16.7 Å². The van der Waals surface area contributed by atoms with E-state index < -0.39 is 17.7 Å². The van der Waals surface area contributed by atoms with Gasteiger partial charge in [-0.15, -0.1) is 10.2 Å². The molecule has 10 nitrogen and oxygen atoms in total. The van der Waals surface area contributed by atoms with Crippen LogP contribution in [-0.4, -0.2) is 53.4 Å². The molecule has 49 heavy (non-hydrogen) atoms. The van der Waals surface area contributed by atoms with Crippen LogP contribution in [0.15, 0.2) is 64.5 Å². The first-order chi connectivity index (χ1) is 23.6. The van der Waals surface area contributed by atoms with Crippen molar-refractivity contribution in [3.63, 3.8) is 0 Å². The second-order valence-corrected chi connectivity index (χ2v) is 14.6. The fourth-order valence-corrected chi connectivity index (χ4v) is 7.74. The van der Waals surface area contributed by atoms with Crippen LogP contribution >= 0.6 is 46.3 Å². The van der Waals surface area contributed by atoms with E-state index in [0.29, 0.717) is 86.6 Å². The highest BCUT2D eigenvalue weighted by atomic mass is 35.5. The summed E-state index contributed by atoms with van der Waals surface area (Å²) in [7, 11) is 0. The molecule has 1 N–H and O–H groups in total. The van der Waals surface area contributed by atoms with Crippen molar-refractivity contribution in [2.45, 2.75) is 43.3 Å². The number of ether oxygens (including phenoxy) is 4. The number of benzene rings is 3. The number of rotatable bonds is 12. The maximum atomic E-state index is 13.8. The van der Waals surface area contributed by atoms with Crippen LogP contribution in [0.25, 0.3) is 5.76 Å². The second-order valence-electron chi connectivity index (χ2n) is 11.6. The molecule has 0 saturated carbocycles. The average molecular weight is 743 g/mol. The van der Waals surface area contributed by atoms with Crippen molar-refractivity contribution in [2.24, 2.45) is 5.92 Å². The van der Waals surface area contributed by atoms with Crippen LogP contribution in [0, 0.1) is 5.92 Å². The number of aliphatic hydroxyl groups excluding tert-OH is 1. The zero-order valence-electron chi connectivity index (χ0n) is 26.9. The third kappa shape index (κ3) is 7.62. The van der Waals surface area contributed by atoms with Gasteiger partial charge in [0.05, 0.1) is 24.8 Å². The zero-order chi connectivity index (χ0) is 34.7. The molecule has 1 aromatic heterocycles. The number of hydrogen-bond donors (Lipinski definition) is 1. The van der Waals surface area contributed by atoms with E-state index in [2.05, 4.69) is 24.0 Å². The summed E-state index contributed by atoms with van der Waals surface area (Å²) in [5.74, 6) is 0.766. The first kappa shape index (κ1) is 34.9. The van der Waals surface area contributed by atoms with Gasteiger partial charge in [-0.05, 0) is 72.9 Å². The van der Waals surface area contributed by atoms with Crippen LogP contribution in [-0.2, 0) is 15.3 Å².